The average Bonchev–Trinajstić information content (AvgIpc) is 2.70. The fraction of sp³-hybridized carbons (Fsp3) is 0.600. The van der Waals surface area contributed by atoms with Crippen molar-refractivity contribution >= 4 is 11.7 Å². The van der Waals surface area contributed by atoms with E-state index in [0.717, 1.165) is 18.5 Å². The SMILES string of the molecule is CCc1cc(C(=O)NC2CCC(C)C2C)cc(N)n1. The monoisotopic (exact) mass is 261 g/mol. The summed E-state index contributed by atoms with van der Waals surface area (Å²) in [5, 5.41) is 3.13. The van der Waals surface area contributed by atoms with Gasteiger partial charge < -0.3 is 11.1 Å². The second kappa shape index (κ2) is 5.59. The molecule has 3 N–H and O–H groups in total. The average molecular weight is 261 g/mol. The van der Waals surface area contributed by atoms with Gasteiger partial charge in [0.05, 0.1) is 0 Å². The molecule has 0 saturated heterocycles. The van der Waals surface area contributed by atoms with Crippen molar-refractivity contribution in [1.29, 1.82) is 0 Å². The summed E-state index contributed by atoms with van der Waals surface area (Å²) in [5.41, 5.74) is 7.22. The molecular weight excluding hydrogens is 238 g/mol. The van der Waals surface area contributed by atoms with Crippen LogP contribution in [0.15, 0.2) is 12.1 Å². The van der Waals surface area contributed by atoms with Crippen molar-refractivity contribution in [2.45, 2.75) is 46.1 Å². The molecule has 1 aliphatic rings. The van der Waals surface area contributed by atoms with Gasteiger partial charge in [0.2, 0.25) is 0 Å². The molecule has 1 aromatic heterocycles. The molecule has 3 atom stereocenters. The molecule has 0 bridgehead atoms. The highest BCUT2D eigenvalue weighted by atomic mass is 16.1. The van der Waals surface area contributed by atoms with Crippen LogP contribution in [0.25, 0.3) is 0 Å². The second-order valence-corrected chi connectivity index (χ2v) is 5.62. The maximum atomic E-state index is 12.3. The number of nitrogens with one attached hydrogen (secondary N) is 1. The molecule has 4 nitrogen and oxygen atoms in total. The highest BCUT2D eigenvalue weighted by Gasteiger charge is 2.30. The van der Waals surface area contributed by atoms with Crippen molar-refractivity contribution in [2.75, 3.05) is 5.73 Å². The number of nitrogens with zero attached hydrogens (tertiary/aromatic N) is 1. The maximum Gasteiger partial charge on any atom is 0.251 e. The zero-order valence-corrected chi connectivity index (χ0v) is 11.9. The molecule has 1 amide bonds. The number of anilines is 1. The van der Waals surface area contributed by atoms with Crippen LogP contribution in [0.4, 0.5) is 5.82 Å². The number of carbonyl (C=O) groups is 1. The number of amides is 1. The molecule has 19 heavy (non-hydrogen) atoms. The fourth-order valence-electron chi connectivity index (χ4n) is 2.74. The molecule has 3 unspecified atom stereocenters. The molecule has 104 valence electrons. The van der Waals surface area contributed by atoms with Crippen molar-refractivity contribution < 1.29 is 4.79 Å². The molecule has 1 aliphatic carbocycles. The summed E-state index contributed by atoms with van der Waals surface area (Å²) in [6.45, 7) is 6.46. The molecule has 2 rings (SSSR count). The summed E-state index contributed by atoms with van der Waals surface area (Å²) in [6, 6.07) is 3.76. The number of aryl methyl sites for hydroxylation is 1. The lowest BCUT2D eigenvalue weighted by molar-refractivity contribution is 0.0927. The molecule has 1 heterocycles. The van der Waals surface area contributed by atoms with Crippen molar-refractivity contribution in [2.24, 2.45) is 11.8 Å². The standard InChI is InChI=1S/C15H23N3O/c1-4-12-7-11(8-14(16)17-12)15(19)18-13-6-5-9(2)10(13)3/h7-10,13H,4-6H2,1-3H3,(H2,16,17)(H,18,19). The second-order valence-electron chi connectivity index (χ2n) is 5.62. The van der Waals surface area contributed by atoms with E-state index in [4.69, 9.17) is 5.73 Å². The highest BCUT2D eigenvalue weighted by Crippen LogP contribution is 2.31. The molecule has 4 heteroatoms. The van der Waals surface area contributed by atoms with Crippen LogP contribution in [-0.2, 0) is 6.42 Å². The predicted octanol–water partition coefficient (Wildman–Crippen LogP) is 2.39. The Hall–Kier alpha value is -1.58. The Bertz CT molecular complexity index is 472. The van der Waals surface area contributed by atoms with Crippen LogP contribution in [0.5, 0.6) is 0 Å². The smallest absolute Gasteiger partial charge is 0.251 e. The lowest BCUT2D eigenvalue weighted by Gasteiger charge is -2.19. The van der Waals surface area contributed by atoms with E-state index in [2.05, 4.69) is 24.1 Å². The first-order valence-electron chi connectivity index (χ1n) is 7.08. The quantitative estimate of drug-likeness (QED) is 0.878. The van der Waals surface area contributed by atoms with E-state index in [0.29, 0.717) is 23.2 Å². The van der Waals surface area contributed by atoms with Gasteiger partial charge in [0, 0.05) is 17.3 Å². The van der Waals surface area contributed by atoms with Gasteiger partial charge >= 0.3 is 0 Å². The highest BCUT2D eigenvalue weighted by molar-refractivity contribution is 5.95. The third-order valence-corrected chi connectivity index (χ3v) is 4.30. The summed E-state index contributed by atoms with van der Waals surface area (Å²) in [7, 11) is 0. The lowest BCUT2D eigenvalue weighted by atomic mass is 9.97. The summed E-state index contributed by atoms with van der Waals surface area (Å²) in [4.78, 5) is 16.5. The van der Waals surface area contributed by atoms with Gasteiger partial charge in [-0.25, -0.2) is 4.98 Å². The van der Waals surface area contributed by atoms with Gasteiger partial charge in [0.25, 0.3) is 5.91 Å². The third kappa shape index (κ3) is 3.06. The van der Waals surface area contributed by atoms with E-state index >= 15 is 0 Å². The molecule has 1 fully saturated rings. The van der Waals surface area contributed by atoms with Crippen LogP contribution >= 0.6 is 0 Å². The Morgan fingerprint density at radius 3 is 2.74 bits per heavy atom. The molecule has 0 aliphatic heterocycles. The van der Waals surface area contributed by atoms with Crippen molar-refractivity contribution in [3.05, 3.63) is 23.4 Å². The van der Waals surface area contributed by atoms with Crippen LogP contribution in [0.1, 0.15) is 49.7 Å². The van der Waals surface area contributed by atoms with Gasteiger partial charge in [-0.15, -0.1) is 0 Å². The van der Waals surface area contributed by atoms with E-state index in [9.17, 15) is 4.79 Å². The van der Waals surface area contributed by atoms with Gasteiger partial charge in [0.15, 0.2) is 0 Å². The normalized spacial score (nSPS) is 26.4. The number of hydrogen-bond donors (Lipinski definition) is 2. The van der Waals surface area contributed by atoms with Crippen molar-refractivity contribution in [3.63, 3.8) is 0 Å². The molecule has 0 spiro atoms. The molecule has 0 radical (unpaired) electrons. The van der Waals surface area contributed by atoms with Gasteiger partial charge in [-0.3, -0.25) is 4.79 Å². The number of pyridine rings is 1. The van der Waals surface area contributed by atoms with E-state index in [-0.39, 0.29) is 11.9 Å². The summed E-state index contributed by atoms with van der Waals surface area (Å²) < 4.78 is 0. The van der Waals surface area contributed by atoms with Crippen molar-refractivity contribution in [3.8, 4) is 0 Å². The Morgan fingerprint density at radius 2 is 2.16 bits per heavy atom. The molecular formula is C15H23N3O. The molecule has 1 aromatic rings. The number of carbonyl (C=O) groups excluding carboxylic acids is 1. The number of nitrogens with two attached hydrogens (primary N) is 1. The van der Waals surface area contributed by atoms with E-state index in [1.165, 1.54) is 6.42 Å². The first-order chi connectivity index (χ1) is 9.01. The zero-order chi connectivity index (χ0) is 14.0. The Kier molecular flexibility index (Phi) is 4.08. The zero-order valence-electron chi connectivity index (χ0n) is 11.9. The first kappa shape index (κ1) is 13.8. The van der Waals surface area contributed by atoms with Gasteiger partial charge in [-0.2, -0.15) is 0 Å². The van der Waals surface area contributed by atoms with Crippen LogP contribution in [0, 0.1) is 11.8 Å². The van der Waals surface area contributed by atoms with E-state index in [1.54, 1.807) is 6.07 Å². The number of rotatable bonds is 3. The van der Waals surface area contributed by atoms with Crippen molar-refractivity contribution in [1.82, 2.24) is 10.3 Å². The molecule has 1 saturated carbocycles. The van der Waals surface area contributed by atoms with E-state index in [1.807, 2.05) is 13.0 Å². The van der Waals surface area contributed by atoms with Gasteiger partial charge in [-0.1, -0.05) is 20.8 Å². The Morgan fingerprint density at radius 1 is 1.42 bits per heavy atom. The van der Waals surface area contributed by atoms with Crippen LogP contribution in [-0.4, -0.2) is 16.9 Å². The largest absolute Gasteiger partial charge is 0.384 e. The number of aromatic nitrogens is 1. The Balaban J connectivity index is 2.10. The van der Waals surface area contributed by atoms with Crippen LogP contribution in [0.3, 0.4) is 0 Å². The van der Waals surface area contributed by atoms with Crippen LogP contribution in [0.2, 0.25) is 0 Å². The predicted molar refractivity (Wildman–Crippen MR) is 76.8 cm³/mol. The summed E-state index contributed by atoms with van der Waals surface area (Å²) in [6.07, 6.45) is 3.03. The minimum Gasteiger partial charge on any atom is -0.384 e. The first-order valence-corrected chi connectivity index (χ1v) is 7.08. The topological polar surface area (TPSA) is 68.0 Å². The lowest BCUT2D eigenvalue weighted by Crippen LogP contribution is -2.37. The summed E-state index contributed by atoms with van der Waals surface area (Å²) in [5.74, 6) is 1.60. The minimum absolute atomic E-state index is 0.0326. The molecule has 0 aromatic carbocycles. The summed E-state index contributed by atoms with van der Waals surface area (Å²) >= 11 is 0. The fourth-order valence-corrected chi connectivity index (χ4v) is 2.74. The third-order valence-electron chi connectivity index (χ3n) is 4.30. The number of hydrogen-bond acceptors (Lipinski definition) is 3. The maximum absolute atomic E-state index is 12.3. The van der Waals surface area contributed by atoms with Crippen LogP contribution < -0.4 is 11.1 Å². The van der Waals surface area contributed by atoms with Gasteiger partial charge in [-0.05, 0) is 43.2 Å². The minimum atomic E-state index is -0.0326. The van der Waals surface area contributed by atoms with E-state index < -0.39 is 0 Å². The number of nitrogen functional groups attached to an aromatic ring is 1. The van der Waals surface area contributed by atoms with Gasteiger partial charge in [0.1, 0.15) is 5.82 Å². The Labute approximate surface area is 114 Å².